The van der Waals surface area contributed by atoms with E-state index < -0.39 is 0 Å². The topological polar surface area (TPSA) is 22.1 Å². The maximum absolute atomic E-state index is 5.60. The predicted octanol–water partition coefficient (Wildman–Crippen LogP) is 2.94. The molecule has 72 valence electrons. The number of aromatic nitrogens is 1. The number of rotatable bonds is 3. The molecule has 0 bridgehead atoms. The van der Waals surface area contributed by atoms with Crippen LogP contribution in [0, 0.1) is 6.92 Å². The van der Waals surface area contributed by atoms with Gasteiger partial charge in [-0.2, -0.15) is 0 Å². The molecule has 0 aliphatic heterocycles. The molecule has 13 heavy (non-hydrogen) atoms. The van der Waals surface area contributed by atoms with Gasteiger partial charge in [0.15, 0.2) is 0 Å². The summed E-state index contributed by atoms with van der Waals surface area (Å²) in [6.07, 6.45) is 0.134. The number of halogens is 1. The summed E-state index contributed by atoms with van der Waals surface area (Å²) in [6, 6.07) is 5.78. The second kappa shape index (κ2) is 4.61. The number of pyridine rings is 1. The van der Waals surface area contributed by atoms with Gasteiger partial charge in [-0.15, -0.1) is 0 Å². The third-order valence-corrected chi connectivity index (χ3v) is 2.56. The number of hydrogen-bond donors (Lipinski definition) is 0. The van der Waals surface area contributed by atoms with E-state index >= 15 is 0 Å². The Morgan fingerprint density at radius 3 is 2.62 bits per heavy atom. The van der Waals surface area contributed by atoms with Crippen LogP contribution in [0.15, 0.2) is 18.2 Å². The second-order valence-electron chi connectivity index (χ2n) is 3.12. The second-order valence-corrected chi connectivity index (χ2v) is 4.56. The summed E-state index contributed by atoms with van der Waals surface area (Å²) >= 11 is 3.46. The Balaban J connectivity index is 2.64. The van der Waals surface area contributed by atoms with Gasteiger partial charge in [-0.3, -0.25) is 0 Å². The van der Waals surface area contributed by atoms with E-state index in [1.54, 1.807) is 0 Å². The Labute approximate surface area is 87.5 Å². The highest BCUT2D eigenvalue weighted by Gasteiger charge is 2.10. The molecule has 0 amide bonds. The molecule has 2 nitrogen and oxygen atoms in total. The molecular weight excluding hydrogens is 230 g/mol. The van der Waals surface area contributed by atoms with Crippen molar-refractivity contribution in [3.05, 3.63) is 23.9 Å². The maximum Gasteiger partial charge on any atom is 0.213 e. The minimum Gasteiger partial charge on any atom is -0.473 e. The van der Waals surface area contributed by atoms with E-state index in [-0.39, 0.29) is 6.10 Å². The normalized spacial score (nSPS) is 15.1. The Hall–Kier alpha value is -0.570. The van der Waals surface area contributed by atoms with Crippen molar-refractivity contribution < 1.29 is 4.74 Å². The number of aryl methyl sites for hydroxylation is 1. The zero-order valence-corrected chi connectivity index (χ0v) is 9.71. The lowest BCUT2D eigenvalue weighted by Crippen LogP contribution is -2.21. The van der Waals surface area contributed by atoms with E-state index in [0.29, 0.717) is 10.7 Å². The number of alkyl halides is 1. The van der Waals surface area contributed by atoms with Gasteiger partial charge in [0.25, 0.3) is 0 Å². The van der Waals surface area contributed by atoms with Crippen molar-refractivity contribution in [2.75, 3.05) is 0 Å². The summed E-state index contributed by atoms with van der Waals surface area (Å²) in [7, 11) is 0. The van der Waals surface area contributed by atoms with E-state index in [0.717, 1.165) is 5.69 Å². The molecule has 0 radical (unpaired) electrons. The lowest BCUT2D eigenvalue weighted by molar-refractivity contribution is 0.215. The summed E-state index contributed by atoms with van der Waals surface area (Å²) in [4.78, 5) is 4.58. The molecule has 0 spiro atoms. The fraction of sp³-hybridized carbons (Fsp3) is 0.500. The van der Waals surface area contributed by atoms with Gasteiger partial charge in [0, 0.05) is 16.6 Å². The third kappa shape index (κ3) is 3.35. The molecule has 1 unspecified atom stereocenters. The van der Waals surface area contributed by atoms with Gasteiger partial charge in [0.05, 0.1) is 0 Å². The van der Waals surface area contributed by atoms with Crippen molar-refractivity contribution in [1.29, 1.82) is 0 Å². The fourth-order valence-corrected chi connectivity index (χ4v) is 0.976. The minimum absolute atomic E-state index is 0.134. The average Bonchev–Trinajstić information content (AvgIpc) is 2.04. The summed E-state index contributed by atoms with van der Waals surface area (Å²) in [6.45, 7) is 6.03. The van der Waals surface area contributed by atoms with Crippen LogP contribution in [0.3, 0.4) is 0 Å². The molecule has 0 aliphatic rings. The van der Waals surface area contributed by atoms with Crippen LogP contribution in [0.4, 0.5) is 0 Å². The van der Waals surface area contributed by atoms with Gasteiger partial charge in [-0.05, 0) is 26.8 Å². The zero-order chi connectivity index (χ0) is 9.84. The molecule has 1 aromatic heterocycles. The number of hydrogen-bond acceptors (Lipinski definition) is 2. The molecule has 0 saturated carbocycles. The van der Waals surface area contributed by atoms with Crippen molar-refractivity contribution in [2.45, 2.75) is 31.7 Å². The van der Waals surface area contributed by atoms with Crippen LogP contribution in [0.25, 0.3) is 0 Å². The predicted molar refractivity (Wildman–Crippen MR) is 57.5 cm³/mol. The summed E-state index contributed by atoms with van der Waals surface area (Å²) < 4.78 is 5.60. The lowest BCUT2D eigenvalue weighted by atomic mass is 10.3. The first-order valence-electron chi connectivity index (χ1n) is 4.34. The van der Waals surface area contributed by atoms with Crippen molar-refractivity contribution in [2.24, 2.45) is 0 Å². The SMILES string of the molecule is Cc1cccc(OC(C)[C@@H](C)Br)n1. The summed E-state index contributed by atoms with van der Waals surface area (Å²) in [5.74, 6) is 0.693. The van der Waals surface area contributed by atoms with E-state index in [1.807, 2.05) is 32.0 Å². The van der Waals surface area contributed by atoms with Crippen molar-refractivity contribution in [1.82, 2.24) is 4.98 Å². The first kappa shape index (κ1) is 10.5. The first-order chi connectivity index (χ1) is 6.09. The summed E-state index contributed by atoms with van der Waals surface area (Å²) in [5.41, 5.74) is 0.979. The van der Waals surface area contributed by atoms with Crippen LogP contribution in [-0.4, -0.2) is 15.9 Å². The van der Waals surface area contributed by atoms with E-state index in [1.165, 1.54) is 0 Å². The van der Waals surface area contributed by atoms with Gasteiger partial charge < -0.3 is 4.74 Å². The van der Waals surface area contributed by atoms with Crippen molar-refractivity contribution in [3.8, 4) is 5.88 Å². The van der Waals surface area contributed by atoms with E-state index in [9.17, 15) is 0 Å². The highest BCUT2D eigenvalue weighted by Crippen LogP contribution is 2.13. The molecule has 0 saturated heterocycles. The van der Waals surface area contributed by atoms with Gasteiger partial charge in [-0.25, -0.2) is 4.98 Å². The quantitative estimate of drug-likeness (QED) is 0.762. The lowest BCUT2D eigenvalue weighted by Gasteiger charge is -2.15. The van der Waals surface area contributed by atoms with Gasteiger partial charge in [0.2, 0.25) is 5.88 Å². The van der Waals surface area contributed by atoms with Gasteiger partial charge in [0.1, 0.15) is 6.10 Å². The van der Waals surface area contributed by atoms with Crippen molar-refractivity contribution >= 4 is 15.9 Å². The van der Waals surface area contributed by atoms with Gasteiger partial charge >= 0.3 is 0 Å². The highest BCUT2D eigenvalue weighted by molar-refractivity contribution is 9.09. The van der Waals surface area contributed by atoms with Crippen LogP contribution in [0.1, 0.15) is 19.5 Å². The molecule has 0 aliphatic carbocycles. The monoisotopic (exact) mass is 243 g/mol. The van der Waals surface area contributed by atoms with E-state index in [2.05, 4.69) is 27.8 Å². The standard InChI is InChI=1S/C10H14BrNO/c1-7-5-4-6-10(12-7)13-9(3)8(2)11/h4-6,8-9H,1-3H3/t8-,9?/m1/s1. The molecule has 1 aromatic rings. The fourth-order valence-electron chi connectivity index (χ4n) is 0.868. The third-order valence-electron chi connectivity index (χ3n) is 1.82. The Morgan fingerprint density at radius 1 is 1.38 bits per heavy atom. The van der Waals surface area contributed by atoms with Crippen LogP contribution in [-0.2, 0) is 0 Å². The number of ether oxygens (including phenoxy) is 1. The first-order valence-corrected chi connectivity index (χ1v) is 5.25. The highest BCUT2D eigenvalue weighted by atomic mass is 79.9. The van der Waals surface area contributed by atoms with Crippen LogP contribution < -0.4 is 4.74 Å². The molecule has 0 aromatic carbocycles. The number of nitrogens with zero attached hydrogens (tertiary/aromatic N) is 1. The minimum atomic E-state index is 0.134. The zero-order valence-electron chi connectivity index (χ0n) is 8.12. The molecule has 0 N–H and O–H groups in total. The van der Waals surface area contributed by atoms with Crippen LogP contribution in [0.5, 0.6) is 5.88 Å². The summed E-state index contributed by atoms with van der Waals surface area (Å²) in [5, 5.41) is 0. The molecule has 0 fully saturated rings. The molecule has 1 rings (SSSR count). The Bertz CT molecular complexity index is 275. The maximum atomic E-state index is 5.60. The van der Waals surface area contributed by atoms with E-state index in [4.69, 9.17) is 4.74 Å². The van der Waals surface area contributed by atoms with Crippen LogP contribution in [0.2, 0.25) is 0 Å². The van der Waals surface area contributed by atoms with Crippen molar-refractivity contribution in [3.63, 3.8) is 0 Å². The molecule has 2 atom stereocenters. The molecular formula is C10H14BrNO. The average molecular weight is 244 g/mol. The van der Waals surface area contributed by atoms with Crippen LogP contribution >= 0.6 is 15.9 Å². The van der Waals surface area contributed by atoms with Gasteiger partial charge in [-0.1, -0.05) is 22.0 Å². The Morgan fingerprint density at radius 2 is 2.08 bits per heavy atom. The smallest absolute Gasteiger partial charge is 0.213 e. The molecule has 3 heteroatoms. The largest absolute Gasteiger partial charge is 0.473 e. The Kier molecular flexibility index (Phi) is 3.72. The molecule has 1 heterocycles.